The van der Waals surface area contributed by atoms with Gasteiger partial charge >= 0.3 is 0 Å². The summed E-state index contributed by atoms with van der Waals surface area (Å²) >= 11 is 0. The summed E-state index contributed by atoms with van der Waals surface area (Å²) in [6.07, 6.45) is 4.30. The second-order valence-electron chi connectivity index (χ2n) is 6.14. The van der Waals surface area contributed by atoms with E-state index in [0.717, 1.165) is 25.1 Å². The third-order valence-electron chi connectivity index (χ3n) is 4.79. The van der Waals surface area contributed by atoms with E-state index in [2.05, 4.69) is 30.9 Å². The smallest absolute Gasteiger partial charge is 0.223 e. The van der Waals surface area contributed by atoms with Gasteiger partial charge < -0.3 is 10.3 Å². The fourth-order valence-electron chi connectivity index (χ4n) is 2.87. The molecule has 4 heteroatoms. The molecular formula is C13H23N3O. The summed E-state index contributed by atoms with van der Waals surface area (Å²) in [4.78, 5) is 4.25. The van der Waals surface area contributed by atoms with Crippen LogP contribution in [0.4, 0.5) is 0 Å². The van der Waals surface area contributed by atoms with E-state index in [9.17, 15) is 0 Å². The molecule has 0 radical (unpaired) electrons. The van der Waals surface area contributed by atoms with Crippen molar-refractivity contribution in [1.29, 1.82) is 0 Å². The van der Waals surface area contributed by atoms with E-state index in [0.29, 0.717) is 11.8 Å². The fourth-order valence-corrected chi connectivity index (χ4v) is 2.87. The molecule has 2 atom stereocenters. The molecule has 1 heterocycles. The van der Waals surface area contributed by atoms with Crippen molar-refractivity contribution in [1.82, 2.24) is 10.1 Å². The van der Waals surface area contributed by atoms with Crippen LogP contribution >= 0.6 is 0 Å². The van der Waals surface area contributed by atoms with E-state index in [1.54, 1.807) is 0 Å². The molecule has 1 aliphatic carbocycles. The maximum atomic E-state index is 6.37. The van der Waals surface area contributed by atoms with Crippen molar-refractivity contribution in [2.24, 2.45) is 17.1 Å². The maximum Gasteiger partial charge on any atom is 0.223 e. The number of nitrogens with two attached hydrogens (primary N) is 1. The first kappa shape index (κ1) is 12.6. The zero-order chi connectivity index (χ0) is 12.7. The Labute approximate surface area is 103 Å². The lowest BCUT2D eigenvalue weighted by molar-refractivity contribution is 0.157. The van der Waals surface area contributed by atoms with Crippen LogP contribution in [0.1, 0.15) is 51.7 Å². The predicted molar refractivity (Wildman–Crippen MR) is 66.5 cm³/mol. The van der Waals surface area contributed by atoms with E-state index in [1.807, 2.05) is 6.92 Å². The molecule has 2 N–H and O–H groups in total. The third kappa shape index (κ3) is 2.23. The summed E-state index contributed by atoms with van der Waals surface area (Å²) in [5.41, 5.74) is 6.50. The van der Waals surface area contributed by atoms with Crippen molar-refractivity contribution < 1.29 is 4.52 Å². The zero-order valence-electron chi connectivity index (χ0n) is 11.3. The number of hydrogen-bond acceptors (Lipinski definition) is 4. The summed E-state index contributed by atoms with van der Waals surface area (Å²) in [6, 6.07) is 0. The van der Waals surface area contributed by atoms with E-state index in [-0.39, 0.29) is 11.0 Å². The van der Waals surface area contributed by atoms with Crippen LogP contribution in [0.3, 0.4) is 0 Å². The van der Waals surface area contributed by atoms with Crippen molar-refractivity contribution in [3.8, 4) is 0 Å². The summed E-state index contributed by atoms with van der Waals surface area (Å²) < 4.78 is 4.99. The molecule has 1 aromatic heterocycles. The highest BCUT2D eigenvalue weighted by atomic mass is 16.5. The van der Waals surface area contributed by atoms with Gasteiger partial charge in [0.05, 0.1) is 0 Å². The van der Waals surface area contributed by atoms with Gasteiger partial charge in [-0.15, -0.1) is 0 Å². The summed E-state index contributed by atoms with van der Waals surface area (Å²) in [7, 11) is 0. The lowest BCUT2D eigenvalue weighted by atomic mass is 9.70. The predicted octanol–water partition coefficient (Wildman–Crippen LogP) is 2.46. The van der Waals surface area contributed by atoms with Crippen molar-refractivity contribution >= 4 is 0 Å². The van der Waals surface area contributed by atoms with Crippen LogP contribution in [0, 0.1) is 18.3 Å². The van der Waals surface area contributed by atoms with Crippen LogP contribution in [0.25, 0.3) is 0 Å². The quantitative estimate of drug-likeness (QED) is 0.877. The first-order chi connectivity index (χ1) is 7.83. The molecule has 2 rings (SSSR count). The molecule has 1 saturated carbocycles. The molecule has 1 fully saturated rings. The van der Waals surface area contributed by atoms with Crippen LogP contribution in [-0.2, 0) is 6.42 Å². The minimum atomic E-state index is -0.0508. The van der Waals surface area contributed by atoms with Gasteiger partial charge in [-0.1, -0.05) is 19.0 Å². The molecular weight excluding hydrogens is 214 g/mol. The van der Waals surface area contributed by atoms with Gasteiger partial charge in [0.25, 0.3) is 0 Å². The van der Waals surface area contributed by atoms with Crippen LogP contribution in [0.15, 0.2) is 4.52 Å². The Balaban J connectivity index is 1.97. The SMILES string of the molecule is Cc1nc(CC[C@H]2CC[C@@](C)(N)C2(C)C)no1. The number of aryl methyl sites for hydroxylation is 2. The van der Waals surface area contributed by atoms with Crippen LogP contribution in [0.5, 0.6) is 0 Å². The number of nitrogens with zero attached hydrogens (tertiary/aromatic N) is 2. The lowest BCUT2D eigenvalue weighted by Crippen LogP contribution is -2.48. The van der Waals surface area contributed by atoms with Crippen molar-refractivity contribution in [3.63, 3.8) is 0 Å². The van der Waals surface area contributed by atoms with Crippen molar-refractivity contribution in [2.45, 2.75) is 58.9 Å². The highest BCUT2D eigenvalue weighted by Crippen LogP contribution is 2.50. The highest BCUT2D eigenvalue weighted by Gasteiger charge is 2.48. The zero-order valence-corrected chi connectivity index (χ0v) is 11.3. The minimum absolute atomic E-state index is 0.0508. The molecule has 0 aliphatic heterocycles. The molecule has 0 aromatic carbocycles. The molecule has 0 saturated heterocycles. The third-order valence-corrected chi connectivity index (χ3v) is 4.79. The molecule has 4 nitrogen and oxygen atoms in total. The van der Waals surface area contributed by atoms with E-state index >= 15 is 0 Å². The molecule has 96 valence electrons. The van der Waals surface area contributed by atoms with Gasteiger partial charge in [-0.3, -0.25) is 0 Å². The average molecular weight is 237 g/mol. The largest absolute Gasteiger partial charge is 0.340 e. The number of rotatable bonds is 3. The molecule has 0 spiro atoms. The Hall–Kier alpha value is -0.900. The van der Waals surface area contributed by atoms with Gasteiger partial charge in [-0.2, -0.15) is 4.98 Å². The second-order valence-corrected chi connectivity index (χ2v) is 6.14. The average Bonchev–Trinajstić information content (AvgIpc) is 2.70. The van der Waals surface area contributed by atoms with Crippen LogP contribution < -0.4 is 5.73 Å². The van der Waals surface area contributed by atoms with Gasteiger partial charge in [0.2, 0.25) is 5.89 Å². The molecule has 17 heavy (non-hydrogen) atoms. The maximum absolute atomic E-state index is 6.37. The Morgan fingerprint density at radius 3 is 2.59 bits per heavy atom. The van der Waals surface area contributed by atoms with Crippen LogP contribution in [0.2, 0.25) is 0 Å². The second kappa shape index (κ2) is 4.09. The van der Waals surface area contributed by atoms with Crippen molar-refractivity contribution in [2.75, 3.05) is 0 Å². The lowest BCUT2D eigenvalue weighted by Gasteiger charge is -2.39. The minimum Gasteiger partial charge on any atom is -0.340 e. The van der Waals surface area contributed by atoms with Gasteiger partial charge in [0.1, 0.15) is 0 Å². The standard InChI is InChI=1S/C13H23N3O/c1-9-15-11(16-17-9)6-5-10-7-8-13(4,14)12(10,2)3/h10H,5-8,14H2,1-4H3/t10-,13+/m0/s1. The molecule has 1 aromatic rings. The molecule has 1 aliphatic rings. The van der Waals surface area contributed by atoms with E-state index < -0.39 is 0 Å². The highest BCUT2D eigenvalue weighted by molar-refractivity contribution is 5.04. The normalized spacial score (nSPS) is 31.9. The van der Waals surface area contributed by atoms with E-state index in [4.69, 9.17) is 10.3 Å². The molecule has 0 amide bonds. The number of hydrogen-bond donors (Lipinski definition) is 1. The Morgan fingerprint density at radius 1 is 1.41 bits per heavy atom. The molecule has 0 unspecified atom stereocenters. The van der Waals surface area contributed by atoms with Gasteiger partial charge in [0, 0.05) is 18.9 Å². The summed E-state index contributed by atoms with van der Waals surface area (Å²) in [6.45, 7) is 8.57. The number of aromatic nitrogens is 2. The van der Waals surface area contributed by atoms with Gasteiger partial charge in [-0.25, -0.2) is 0 Å². The van der Waals surface area contributed by atoms with Gasteiger partial charge in [0.15, 0.2) is 5.82 Å². The van der Waals surface area contributed by atoms with Gasteiger partial charge in [-0.05, 0) is 37.5 Å². The van der Waals surface area contributed by atoms with Crippen LogP contribution in [-0.4, -0.2) is 15.7 Å². The Kier molecular flexibility index (Phi) is 3.02. The first-order valence-corrected chi connectivity index (χ1v) is 6.41. The fraction of sp³-hybridized carbons (Fsp3) is 0.846. The first-order valence-electron chi connectivity index (χ1n) is 6.41. The van der Waals surface area contributed by atoms with E-state index in [1.165, 1.54) is 6.42 Å². The Morgan fingerprint density at radius 2 is 2.12 bits per heavy atom. The molecule has 0 bridgehead atoms. The monoisotopic (exact) mass is 237 g/mol. The topological polar surface area (TPSA) is 64.9 Å². The summed E-state index contributed by atoms with van der Waals surface area (Å²) in [5, 5.41) is 3.94. The Bertz CT molecular complexity index is 395. The summed E-state index contributed by atoms with van der Waals surface area (Å²) in [5.74, 6) is 2.12. The van der Waals surface area contributed by atoms with Crippen molar-refractivity contribution in [3.05, 3.63) is 11.7 Å².